The van der Waals surface area contributed by atoms with Crippen LogP contribution in [0.2, 0.25) is 0 Å². The molecule has 1 aromatic rings. The Labute approximate surface area is 120 Å². The minimum atomic E-state index is 0.394. The van der Waals surface area contributed by atoms with Crippen molar-refractivity contribution >= 4 is 11.8 Å². The normalized spacial score (nSPS) is 41.0. The van der Waals surface area contributed by atoms with Crippen molar-refractivity contribution in [2.75, 3.05) is 12.3 Å². The second kappa shape index (κ2) is 4.53. The Hall–Kier alpha value is -0.470. The molecule has 1 aromatic carbocycles. The highest BCUT2D eigenvalue weighted by molar-refractivity contribution is 8.00. The van der Waals surface area contributed by atoms with Crippen molar-refractivity contribution in [1.82, 2.24) is 5.32 Å². The largest absolute Gasteiger partial charge is 0.302 e. The minimum Gasteiger partial charge on any atom is -0.302 e. The standard InChI is InChI=1S/C17H23NS/c1-12-10-18-17(19-11-12)15-6-7-16(17)9-14-5-3-2-4-13(14)8-15/h2-5,12,15-16,18H,6-11H2,1H3. The summed E-state index contributed by atoms with van der Waals surface area (Å²) in [5, 5.41) is 3.98. The number of hydrogen-bond donors (Lipinski definition) is 1. The first-order valence-corrected chi connectivity index (χ1v) is 8.72. The maximum Gasteiger partial charge on any atom is 0.0708 e. The van der Waals surface area contributed by atoms with Gasteiger partial charge in [0.25, 0.3) is 0 Å². The fourth-order valence-corrected chi connectivity index (χ4v) is 6.14. The first-order chi connectivity index (χ1) is 9.28. The Kier molecular flexibility index (Phi) is 2.93. The number of hydrogen-bond acceptors (Lipinski definition) is 2. The number of nitrogens with one attached hydrogen (secondary N) is 1. The zero-order valence-corrected chi connectivity index (χ0v) is 12.5. The summed E-state index contributed by atoms with van der Waals surface area (Å²) in [5.74, 6) is 3.87. The average molecular weight is 273 g/mol. The molecule has 2 aliphatic carbocycles. The third-order valence-electron chi connectivity index (χ3n) is 5.46. The maximum absolute atomic E-state index is 3.98. The van der Waals surface area contributed by atoms with Gasteiger partial charge in [0.05, 0.1) is 4.87 Å². The van der Waals surface area contributed by atoms with Gasteiger partial charge in [0.2, 0.25) is 0 Å². The molecule has 2 fully saturated rings. The van der Waals surface area contributed by atoms with Gasteiger partial charge in [0, 0.05) is 0 Å². The van der Waals surface area contributed by atoms with E-state index < -0.39 is 0 Å². The van der Waals surface area contributed by atoms with E-state index in [-0.39, 0.29) is 0 Å². The zero-order valence-electron chi connectivity index (χ0n) is 11.7. The Morgan fingerprint density at radius 3 is 2.26 bits per heavy atom. The molecule has 0 amide bonds. The van der Waals surface area contributed by atoms with E-state index in [1.54, 1.807) is 11.1 Å². The van der Waals surface area contributed by atoms with Crippen LogP contribution in [0.4, 0.5) is 0 Å². The van der Waals surface area contributed by atoms with Gasteiger partial charge in [-0.2, -0.15) is 0 Å². The van der Waals surface area contributed by atoms with Crippen LogP contribution >= 0.6 is 11.8 Å². The fourth-order valence-electron chi connectivity index (χ4n) is 4.41. The van der Waals surface area contributed by atoms with E-state index in [1.165, 1.54) is 38.0 Å². The number of fused-ring (bicyclic) bond motifs is 1. The molecule has 1 N–H and O–H groups in total. The Morgan fingerprint density at radius 1 is 1.11 bits per heavy atom. The molecule has 2 bridgehead atoms. The van der Waals surface area contributed by atoms with Crippen LogP contribution in [0.25, 0.3) is 0 Å². The molecule has 1 nitrogen and oxygen atoms in total. The Balaban J connectivity index is 1.70. The summed E-state index contributed by atoms with van der Waals surface area (Å²) in [6.45, 7) is 3.59. The van der Waals surface area contributed by atoms with Crippen molar-refractivity contribution in [3.05, 3.63) is 35.4 Å². The lowest BCUT2D eigenvalue weighted by Crippen LogP contribution is -2.55. The molecule has 3 aliphatic rings. The summed E-state index contributed by atoms with van der Waals surface area (Å²) in [5.41, 5.74) is 3.24. The molecule has 1 heterocycles. The molecule has 1 spiro atoms. The third kappa shape index (κ3) is 1.87. The van der Waals surface area contributed by atoms with Crippen molar-refractivity contribution in [1.29, 1.82) is 0 Å². The second-order valence-electron chi connectivity index (χ2n) is 6.74. The average Bonchev–Trinajstić information content (AvgIpc) is 2.65. The Morgan fingerprint density at radius 2 is 1.74 bits per heavy atom. The molecular formula is C17H23NS. The van der Waals surface area contributed by atoms with Gasteiger partial charge in [-0.05, 0) is 66.9 Å². The smallest absolute Gasteiger partial charge is 0.0708 e. The zero-order chi connectivity index (χ0) is 12.9. The SMILES string of the molecule is CC1CNC2(SC1)C1CCC2Cc2ccccc2C1. The maximum atomic E-state index is 3.98. The van der Waals surface area contributed by atoms with Gasteiger partial charge in [-0.25, -0.2) is 0 Å². The van der Waals surface area contributed by atoms with Gasteiger partial charge in [-0.3, -0.25) is 0 Å². The lowest BCUT2D eigenvalue weighted by Gasteiger charge is -2.44. The highest BCUT2D eigenvalue weighted by atomic mass is 32.2. The lowest BCUT2D eigenvalue weighted by atomic mass is 9.93. The van der Waals surface area contributed by atoms with Crippen LogP contribution in [0.5, 0.6) is 0 Å². The summed E-state index contributed by atoms with van der Waals surface area (Å²) in [6, 6.07) is 9.15. The molecule has 4 rings (SSSR count). The highest BCUT2D eigenvalue weighted by Crippen LogP contribution is 2.54. The van der Waals surface area contributed by atoms with Gasteiger partial charge < -0.3 is 5.32 Å². The van der Waals surface area contributed by atoms with Crippen LogP contribution < -0.4 is 5.32 Å². The van der Waals surface area contributed by atoms with Crippen molar-refractivity contribution in [2.24, 2.45) is 17.8 Å². The third-order valence-corrected chi connectivity index (χ3v) is 7.49. The van der Waals surface area contributed by atoms with Crippen LogP contribution in [0, 0.1) is 17.8 Å². The molecule has 2 heteroatoms. The van der Waals surface area contributed by atoms with Gasteiger partial charge in [-0.1, -0.05) is 31.2 Å². The summed E-state index contributed by atoms with van der Waals surface area (Å²) < 4.78 is 0. The minimum absolute atomic E-state index is 0.394. The number of rotatable bonds is 0. The van der Waals surface area contributed by atoms with Gasteiger partial charge in [0.15, 0.2) is 0 Å². The van der Waals surface area contributed by atoms with Crippen LogP contribution in [-0.4, -0.2) is 17.2 Å². The summed E-state index contributed by atoms with van der Waals surface area (Å²) in [7, 11) is 0. The molecule has 3 unspecified atom stereocenters. The van der Waals surface area contributed by atoms with Gasteiger partial charge >= 0.3 is 0 Å². The monoisotopic (exact) mass is 273 g/mol. The van der Waals surface area contributed by atoms with Crippen LogP contribution in [-0.2, 0) is 12.8 Å². The fraction of sp³-hybridized carbons (Fsp3) is 0.647. The highest BCUT2D eigenvalue weighted by Gasteiger charge is 2.52. The van der Waals surface area contributed by atoms with E-state index in [1.807, 2.05) is 0 Å². The first kappa shape index (κ1) is 12.3. The van der Waals surface area contributed by atoms with E-state index in [0.717, 1.165) is 17.8 Å². The van der Waals surface area contributed by atoms with Crippen LogP contribution in [0.15, 0.2) is 24.3 Å². The molecule has 1 saturated carbocycles. The summed E-state index contributed by atoms with van der Waals surface area (Å²) in [4.78, 5) is 0.394. The van der Waals surface area contributed by atoms with Crippen LogP contribution in [0.3, 0.4) is 0 Å². The predicted octanol–water partition coefficient (Wildman–Crippen LogP) is 3.48. The molecule has 102 valence electrons. The van der Waals surface area contributed by atoms with Crippen LogP contribution in [0.1, 0.15) is 30.9 Å². The summed E-state index contributed by atoms with van der Waals surface area (Å²) in [6.07, 6.45) is 5.43. The number of benzene rings is 1. The molecular weight excluding hydrogens is 250 g/mol. The van der Waals surface area contributed by atoms with E-state index in [0.29, 0.717) is 4.87 Å². The topological polar surface area (TPSA) is 12.0 Å². The van der Waals surface area contributed by atoms with E-state index in [4.69, 9.17) is 0 Å². The Bertz CT molecular complexity index is 441. The van der Waals surface area contributed by atoms with Crippen molar-refractivity contribution < 1.29 is 0 Å². The van der Waals surface area contributed by atoms with Gasteiger partial charge in [0.1, 0.15) is 0 Å². The molecule has 0 radical (unpaired) electrons. The number of thioether (sulfide) groups is 1. The quantitative estimate of drug-likeness (QED) is 0.776. The molecule has 1 aliphatic heterocycles. The predicted molar refractivity (Wildman–Crippen MR) is 82.4 cm³/mol. The molecule has 0 aromatic heterocycles. The van der Waals surface area contributed by atoms with E-state index in [9.17, 15) is 0 Å². The lowest BCUT2D eigenvalue weighted by molar-refractivity contribution is 0.278. The van der Waals surface area contributed by atoms with E-state index >= 15 is 0 Å². The van der Waals surface area contributed by atoms with E-state index in [2.05, 4.69) is 48.3 Å². The summed E-state index contributed by atoms with van der Waals surface area (Å²) >= 11 is 2.25. The van der Waals surface area contributed by atoms with Gasteiger partial charge in [-0.15, -0.1) is 11.8 Å². The second-order valence-corrected chi connectivity index (χ2v) is 8.04. The first-order valence-electron chi connectivity index (χ1n) is 7.74. The molecule has 1 saturated heterocycles. The van der Waals surface area contributed by atoms with Crippen molar-refractivity contribution in [2.45, 2.75) is 37.5 Å². The van der Waals surface area contributed by atoms with Crippen molar-refractivity contribution in [3.8, 4) is 0 Å². The van der Waals surface area contributed by atoms with Crippen molar-refractivity contribution in [3.63, 3.8) is 0 Å². The molecule has 3 atom stereocenters. The molecule has 19 heavy (non-hydrogen) atoms.